The van der Waals surface area contributed by atoms with Crippen LogP contribution in [0.5, 0.6) is 11.5 Å². The van der Waals surface area contributed by atoms with Gasteiger partial charge in [0.2, 0.25) is 6.79 Å². The molecule has 2 heterocycles. The molecule has 2 N–H and O–H groups in total. The summed E-state index contributed by atoms with van der Waals surface area (Å²) >= 11 is 0. The van der Waals surface area contributed by atoms with Gasteiger partial charge in [-0.25, -0.2) is 8.78 Å². The van der Waals surface area contributed by atoms with Gasteiger partial charge in [0, 0.05) is 30.6 Å². The molecule has 3 rings (SSSR count). The van der Waals surface area contributed by atoms with E-state index in [-0.39, 0.29) is 24.1 Å². The van der Waals surface area contributed by atoms with Gasteiger partial charge in [0.25, 0.3) is 5.92 Å². The van der Waals surface area contributed by atoms with Crippen molar-refractivity contribution < 1.29 is 28.2 Å². The lowest BCUT2D eigenvalue weighted by molar-refractivity contribution is -0.141. The molecular formula is C14H15F2NO4. The summed E-state index contributed by atoms with van der Waals surface area (Å²) in [6.07, 6.45) is 0.337. The van der Waals surface area contributed by atoms with Crippen molar-refractivity contribution in [3.63, 3.8) is 0 Å². The Morgan fingerprint density at radius 2 is 2.19 bits per heavy atom. The van der Waals surface area contributed by atoms with E-state index in [1.807, 2.05) is 0 Å². The van der Waals surface area contributed by atoms with Crippen molar-refractivity contribution >= 4 is 5.97 Å². The lowest BCUT2D eigenvalue weighted by Gasteiger charge is -2.18. The van der Waals surface area contributed by atoms with Crippen LogP contribution in [0.25, 0.3) is 0 Å². The number of aliphatic carboxylic acids is 1. The molecule has 2 aliphatic rings. The molecular weight excluding hydrogens is 284 g/mol. The van der Waals surface area contributed by atoms with Gasteiger partial charge >= 0.3 is 5.97 Å². The fourth-order valence-electron chi connectivity index (χ4n) is 2.71. The fraction of sp³-hybridized carbons (Fsp3) is 0.500. The predicted octanol–water partition coefficient (Wildman–Crippen LogP) is 2.26. The highest BCUT2D eigenvalue weighted by Gasteiger charge is 2.36. The van der Waals surface area contributed by atoms with Crippen molar-refractivity contribution in [2.75, 3.05) is 13.3 Å². The number of benzene rings is 1. The van der Waals surface area contributed by atoms with Crippen LogP contribution in [0.15, 0.2) is 12.1 Å². The van der Waals surface area contributed by atoms with E-state index in [4.69, 9.17) is 14.6 Å². The standard InChI is InChI=1S/C14H15F2NO4/c1-14(15,16)8-3-9(12-11(4-8)20-6-21-12)10-2-7(5-17-10)13(18)19/h3-4,7,10,17H,2,5-6H2,1H3,(H,18,19). The molecule has 0 spiro atoms. The molecule has 0 radical (unpaired) electrons. The fourth-order valence-corrected chi connectivity index (χ4v) is 2.71. The molecule has 1 fully saturated rings. The van der Waals surface area contributed by atoms with Crippen LogP contribution in [-0.2, 0) is 10.7 Å². The quantitative estimate of drug-likeness (QED) is 0.896. The maximum atomic E-state index is 13.6. The smallest absolute Gasteiger partial charge is 0.307 e. The van der Waals surface area contributed by atoms with Gasteiger partial charge in [0.15, 0.2) is 11.5 Å². The molecule has 1 aromatic rings. The number of nitrogens with one attached hydrogen (secondary N) is 1. The molecule has 2 unspecified atom stereocenters. The summed E-state index contributed by atoms with van der Waals surface area (Å²) in [6, 6.07) is 2.31. The molecule has 2 atom stereocenters. The third-order valence-corrected chi connectivity index (χ3v) is 3.86. The molecule has 0 saturated carbocycles. The van der Waals surface area contributed by atoms with E-state index in [2.05, 4.69) is 5.32 Å². The van der Waals surface area contributed by atoms with E-state index < -0.39 is 17.8 Å². The van der Waals surface area contributed by atoms with Crippen LogP contribution in [0.4, 0.5) is 8.78 Å². The molecule has 0 aromatic heterocycles. The van der Waals surface area contributed by atoms with Crippen LogP contribution in [0.3, 0.4) is 0 Å². The van der Waals surface area contributed by atoms with Crippen LogP contribution in [0.2, 0.25) is 0 Å². The monoisotopic (exact) mass is 299 g/mol. The Kier molecular flexibility index (Phi) is 3.24. The van der Waals surface area contributed by atoms with Gasteiger partial charge in [-0.15, -0.1) is 0 Å². The Morgan fingerprint density at radius 1 is 1.43 bits per heavy atom. The van der Waals surface area contributed by atoms with Crippen LogP contribution >= 0.6 is 0 Å². The largest absolute Gasteiger partial charge is 0.481 e. The molecule has 114 valence electrons. The van der Waals surface area contributed by atoms with E-state index in [1.54, 1.807) is 0 Å². The van der Waals surface area contributed by atoms with E-state index in [0.717, 1.165) is 6.92 Å². The number of hydrogen-bond donors (Lipinski definition) is 2. The minimum absolute atomic E-state index is 0.0177. The average Bonchev–Trinajstić information content (AvgIpc) is 3.05. The molecule has 0 bridgehead atoms. The summed E-state index contributed by atoms with van der Waals surface area (Å²) in [5.41, 5.74) is 0.368. The Morgan fingerprint density at radius 3 is 2.81 bits per heavy atom. The van der Waals surface area contributed by atoms with Crippen molar-refractivity contribution in [1.29, 1.82) is 0 Å². The van der Waals surface area contributed by atoms with Gasteiger partial charge < -0.3 is 19.9 Å². The minimum Gasteiger partial charge on any atom is -0.481 e. The van der Waals surface area contributed by atoms with Crippen molar-refractivity contribution in [3.05, 3.63) is 23.3 Å². The number of halogens is 2. The van der Waals surface area contributed by atoms with Gasteiger partial charge in [0.05, 0.1) is 5.92 Å². The SMILES string of the molecule is CC(F)(F)c1cc2c(c(C3CC(C(=O)O)CN3)c1)OCO2. The molecule has 0 aliphatic carbocycles. The number of carboxylic acid groups (broad SMARTS) is 1. The zero-order valence-corrected chi connectivity index (χ0v) is 11.4. The summed E-state index contributed by atoms with van der Waals surface area (Å²) in [5.74, 6) is -3.72. The topological polar surface area (TPSA) is 67.8 Å². The first-order valence-corrected chi connectivity index (χ1v) is 6.64. The van der Waals surface area contributed by atoms with Gasteiger partial charge in [-0.05, 0) is 18.6 Å². The summed E-state index contributed by atoms with van der Waals surface area (Å²) < 4.78 is 37.7. The third kappa shape index (κ3) is 2.53. The summed E-state index contributed by atoms with van der Waals surface area (Å²) in [5, 5.41) is 12.1. The molecule has 21 heavy (non-hydrogen) atoms. The summed E-state index contributed by atoms with van der Waals surface area (Å²) in [7, 11) is 0. The highest BCUT2D eigenvalue weighted by Crippen LogP contribution is 2.45. The molecule has 2 aliphatic heterocycles. The first kappa shape index (κ1) is 14.1. The number of hydrogen-bond acceptors (Lipinski definition) is 4. The molecule has 1 aromatic carbocycles. The maximum Gasteiger partial charge on any atom is 0.307 e. The van der Waals surface area contributed by atoms with E-state index in [1.165, 1.54) is 12.1 Å². The van der Waals surface area contributed by atoms with E-state index >= 15 is 0 Å². The van der Waals surface area contributed by atoms with E-state index in [9.17, 15) is 13.6 Å². The third-order valence-electron chi connectivity index (χ3n) is 3.86. The van der Waals surface area contributed by atoms with Crippen LogP contribution < -0.4 is 14.8 Å². The first-order chi connectivity index (χ1) is 9.86. The van der Waals surface area contributed by atoms with Crippen LogP contribution in [-0.4, -0.2) is 24.4 Å². The number of carboxylic acids is 1. The number of fused-ring (bicyclic) bond motifs is 1. The Bertz CT molecular complexity index is 585. The summed E-state index contributed by atoms with van der Waals surface area (Å²) in [6.45, 7) is 1.11. The second-order valence-electron chi connectivity index (χ2n) is 5.42. The first-order valence-electron chi connectivity index (χ1n) is 6.64. The van der Waals surface area contributed by atoms with Crippen molar-refractivity contribution in [3.8, 4) is 11.5 Å². The normalized spacial score (nSPS) is 24.3. The zero-order valence-electron chi connectivity index (χ0n) is 11.4. The van der Waals surface area contributed by atoms with Crippen LogP contribution in [0.1, 0.15) is 30.5 Å². The minimum atomic E-state index is -3.00. The Labute approximate surface area is 119 Å². The number of rotatable bonds is 3. The van der Waals surface area contributed by atoms with Gasteiger partial charge in [0.1, 0.15) is 0 Å². The molecule has 0 amide bonds. The van der Waals surface area contributed by atoms with Gasteiger partial charge in [-0.1, -0.05) is 0 Å². The lowest BCUT2D eigenvalue weighted by Crippen LogP contribution is -2.18. The predicted molar refractivity (Wildman–Crippen MR) is 68.6 cm³/mol. The maximum absolute atomic E-state index is 13.6. The zero-order chi connectivity index (χ0) is 15.2. The Hall–Kier alpha value is -1.89. The molecule has 5 nitrogen and oxygen atoms in total. The summed E-state index contributed by atoms with van der Waals surface area (Å²) in [4.78, 5) is 11.0. The van der Waals surface area contributed by atoms with Crippen LogP contribution in [0, 0.1) is 5.92 Å². The number of alkyl halides is 2. The second-order valence-corrected chi connectivity index (χ2v) is 5.42. The Balaban J connectivity index is 1.98. The molecule has 1 saturated heterocycles. The van der Waals surface area contributed by atoms with Crippen molar-refractivity contribution in [2.45, 2.75) is 25.3 Å². The van der Waals surface area contributed by atoms with Crippen molar-refractivity contribution in [2.24, 2.45) is 5.92 Å². The molecule has 7 heteroatoms. The van der Waals surface area contributed by atoms with Crippen molar-refractivity contribution in [1.82, 2.24) is 5.32 Å². The second kappa shape index (κ2) is 4.84. The lowest BCUT2D eigenvalue weighted by atomic mass is 9.96. The number of ether oxygens (including phenoxy) is 2. The highest BCUT2D eigenvalue weighted by molar-refractivity contribution is 5.71. The average molecular weight is 299 g/mol. The van der Waals surface area contributed by atoms with Gasteiger partial charge in [-0.3, -0.25) is 4.79 Å². The number of carbonyl (C=O) groups is 1. The highest BCUT2D eigenvalue weighted by atomic mass is 19.3. The van der Waals surface area contributed by atoms with Gasteiger partial charge in [-0.2, -0.15) is 0 Å². The van der Waals surface area contributed by atoms with E-state index in [0.29, 0.717) is 24.3 Å².